The summed E-state index contributed by atoms with van der Waals surface area (Å²) in [5.41, 5.74) is -0.386. The van der Waals surface area contributed by atoms with Gasteiger partial charge in [0.1, 0.15) is 5.60 Å². The van der Waals surface area contributed by atoms with Gasteiger partial charge in [0.25, 0.3) is 0 Å². The molecule has 0 aliphatic carbocycles. The zero-order valence-corrected chi connectivity index (χ0v) is 12.0. The van der Waals surface area contributed by atoms with Crippen LogP contribution in [0, 0.1) is 0 Å². The minimum absolute atomic E-state index is 0.239. The van der Waals surface area contributed by atoms with Crippen molar-refractivity contribution >= 4 is 28.6 Å². The third-order valence-corrected chi connectivity index (χ3v) is 2.43. The van der Waals surface area contributed by atoms with E-state index < -0.39 is 0 Å². The summed E-state index contributed by atoms with van der Waals surface area (Å²) in [5.74, 6) is -0.239. The highest BCUT2D eigenvalue weighted by molar-refractivity contribution is 14.1. The summed E-state index contributed by atoms with van der Waals surface area (Å²) in [7, 11) is 0. The maximum atomic E-state index is 11.2. The SMILES string of the molecule is CC(C)(C)OC(=O)C=CCCCCCI. The fourth-order valence-electron chi connectivity index (χ4n) is 1.05. The largest absolute Gasteiger partial charge is 0.457 e. The highest BCUT2D eigenvalue weighted by Crippen LogP contribution is 2.08. The van der Waals surface area contributed by atoms with E-state index in [1.807, 2.05) is 26.8 Å². The van der Waals surface area contributed by atoms with Gasteiger partial charge >= 0.3 is 5.97 Å². The van der Waals surface area contributed by atoms with Gasteiger partial charge in [0.15, 0.2) is 0 Å². The van der Waals surface area contributed by atoms with Crippen molar-refractivity contribution in [3.8, 4) is 0 Å². The van der Waals surface area contributed by atoms with Crippen LogP contribution in [-0.4, -0.2) is 16.0 Å². The quantitative estimate of drug-likeness (QED) is 0.244. The van der Waals surface area contributed by atoms with Crippen LogP contribution in [0.2, 0.25) is 0 Å². The summed E-state index contributed by atoms with van der Waals surface area (Å²) in [6.45, 7) is 5.62. The third kappa shape index (κ3) is 11.9. The fourth-order valence-corrected chi connectivity index (χ4v) is 1.59. The number of allylic oxidation sites excluding steroid dienone is 1. The first-order valence-corrected chi connectivity index (χ1v) is 6.94. The van der Waals surface area contributed by atoms with Gasteiger partial charge in [-0.3, -0.25) is 0 Å². The van der Waals surface area contributed by atoms with Gasteiger partial charge < -0.3 is 4.74 Å². The van der Waals surface area contributed by atoms with Crippen molar-refractivity contribution in [2.45, 2.75) is 52.1 Å². The first-order valence-electron chi connectivity index (χ1n) is 5.41. The maximum absolute atomic E-state index is 11.2. The smallest absolute Gasteiger partial charge is 0.330 e. The van der Waals surface area contributed by atoms with E-state index in [1.54, 1.807) is 0 Å². The second-order valence-corrected chi connectivity index (χ2v) is 5.55. The standard InChI is InChI=1S/C12H21IO2/c1-12(2,3)15-11(14)9-7-5-4-6-8-10-13/h7,9H,4-6,8,10H2,1-3H3. The predicted octanol–water partition coefficient (Wildman–Crippen LogP) is 3.88. The number of halogens is 1. The number of hydrogen-bond donors (Lipinski definition) is 0. The molecule has 0 aromatic carbocycles. The van der Waals surface area contributed by atoms with E-state index in [4.69, 9.17) is 4.74 Å². The van der Waals surface area contributed by atoms with Gasteiger partial charge in [-0.15, -0.1) is 0 Å². The van der Waals surface area contributed by atoms with Crippen molar-refractivity contribution in [3.63, 3.8) is 0 Å². The van der Waals surface area contributed by atoms with E-state index in [0.717, 1.165) is 12.8 Å². The van der Waals surface area contributed by atoms with Gasteiger partial charge in [0, 0.05) is 6.08 Å². The number of carbonyl (C=O) groups excluding carboxylic acids is 1. The second kappa shape index (κ2) is 8.13. The first-order chi connectivity index (χ1) is 6.95. The monoisotopic (exact) mass is 324 g/mol. The Labute approximate surface area is 107 Å². The summed E-state index contributed by atoms with van der Waals surface area (Å²) < 4.78 is 6.35. The molecule has 0 fully saturated rings. The lowest BCUT2D eigenvalue weighted by molar-refractivity contribution is -0.148. The van der Waals surface area contributed by atoms with E-state index in [0.29, 0.717) is 0 Å². The van der Waals surface area contributed by atoms with Crippen molar-refractivity contribution in [1.29, 1.82) is 0 Å². The van der Waals surface area contributed by atoms with Gasteiger partial charge in [-0.1, -0.05) is 35.1 Å². The molecule has 88 valence electrons. The van der Waals surface area contributed by atoms with E-state index in [-0.39, 0.29) is 11.6 Å². The van der Waals surface area contributed by atoms with E-state index in [2.05, 4.69) is 22.6 Å². The lowest BCUT2D eigenvalue weighted by Gasteiger charge is -2.17. The molecule has 0 bridgehead atoms. The number of hydrogen-bond acceptors (Lipinski definition) is 2. The molecule has 0 spiro atoms. The lowest BCUT2D eigenvalue weighted by Crippen LogP contribution is -2.22. The minimum Gasteiger partial charge on any atom is -0.457 e. The molecular weight excluding hydrogens is 303 g/mol. The van der Waals surface area contributed by atoms with Crippen LogP contribution in [-0.2, 0) is 9.53 Å². The number of ether oxygens (including phenoxy) is 1. The van der Waals surface area contributed by atoms with Crippen LogP contribution in [0.3, 0.4) is 0 Å². The normalized spacial score (nSPS) is 12.0. The Morgan fingerprint density at radius 2 is 1.93 bits per heavy atom. The van der Waals surface area contributed by atoms with Gasteiger partial charge in [0.05, 0.1) is 0 Å². The fraction of sp³-hybridized carbons (Fsp3) is 0.750. The topological polar surface area (TPSA) is 26.3 Å². The van der Waals surface area contributed by atoms with Gasteiger partial charge in [-0.2, -0.15) is 0 Å². The Morgan fingerprint density at radius 1 is 1.27 bits per heavy atom. The van der Waals surface area contributed by atoms with Crippen LogP contribution in [0.15, 0.2) is 12.2 Å². The Hall–Kier alpha value is -0.0600. The van der Waals surface area contributed by atoms with Crippen LogP contribution in [0.4, 0.5) is 0 Å². The predicted molar refractivity (Wildman–Crippen MR) is 72.3 cm³/mol. The average Bonchev–Trinajstić information content (AvgIpc) is 2.08. The van der Waals surface area contributed by atoms with Gasteiger partial charge in [-0.25, -0.2) is 4.79 Å². The zero-order chi connectivity index (χ0) is 11.7. The number of esters is 1. The van der Waals surface area contributed by atoms with E-state index in [1.165, 1.54) is 23.3 Å². The van der Waals surface area contributed by atoms with E-state index >= 15 is 0 Å². The molecule has 0 rings (SSSR count). The summed E-state index contributed by atoms with van der Waals surface area (Å²) in [5, 5.41) is 0. The molecule has 0 aromatic rings. The molecule has 0 aliphatic rings. The highest BCUT2D eigenvalue weighted by atomic mass is 127. The number of unbranched alkanes of at least 4 members (excludes halogenated alkanes) is 3. The maximum Gasteiger partial charge on any atom is 0.330 e. The number of alkyl halides is 1. The van der Waals surface area contributed by atoms with Crippen molar-refractivity contribution in [2.24, 2.45) is 0 Å². The van der Waals surface area contributed by atoms with Crippen molar-refractivity contribution in [3.05, 3.63) is 12.2 Å². The molecule has 0 atom stereocenters. The number of carbonyl (C=O) groups is 1. The van der Waals surface area contributed by atoms with Gasteiger partial charge in [-0.05, 0) is 44.5 Å². The number of rotatable bonds is 6. The third-order valence-electron chi connectivity index (χ3n) is 1.67. The molecule has 15 heavy (non-hydrogen) atoms. The first kappa shape index (κ1) is 14.9. The molecule has 0 heterocycles. The molecule has 2 nitrogen and oxygen atoms in total. The zero-order valence-electron chi connectivity index (χ0n) is 9.88. The molecule has 0 aliphatic heterocycles. The molecule has 0 saturated heterocycles. The Bertz CT molecular complexity index is 204. The van der Waals surface area contributed by atoms with Gasteiger partial charge in [0.2, 0.25) is 0 Å². The van der Waals surface area contributed by atoms with E-state index in [9.17, 15) is 4.79 Å². The van der Waals surface area contributed by atoms with Crippen LogP contribution in [0.5, 0.6) is 0 Å². The lowest BCUT2D eigenvalue weighted by atomic mass is 10.2. The summed E-state index contributed by atoms with van der Waals surface area (Å²) >= 11 is 2.38. The van der Waals surface area contributed by atoms with Crippen LogP contribution in [0.1, 0.15) is 46.5 Å². The molecule has 0 N–H and O–H groups in total. The van der Waals surface area contributed by atoms with Crippen LogP contribution in [0.25, 0.3) is 0 Å². The van der Waals surface area contributed by atoms with Crippen LogP contribution < -0.4 is 0 Å². The summed E-state index contributed by atoms with van der Waals surface area (Å²) in [4.78, 5) is 11.2. The Kier molecular flexibility index (Phi) is 8.10. The average molecular weight is 324 g/mol. The molecule has 0 radical (unpaired) electrons. The van der Waals surface area contributed by atoms with Crippen LogP contribution >= 0.6 is 22.6 Å². The highest BCUT2D eigenvalue weighted by Gasteiger charge is 2.13. The Balaban J connectivity index is 3.55. The minimum atomic E-state index is -0.386. The summed E-state index contributed by atoms with van der Waals surface area (Å²) in [6.07, 6.45) is 8.07. The molecule has 0 saturated carbocycles. The van der Waals surface area contributed by atoms with Crippen molar-refractivity contribution in [1.82, 2.24) is 0 Å². The van der Waals surface area contributed by atoms with Crippen molar-refractivity contribution in [2.75, 3.05) is 4.43 Å². The molecule has 0 aromatic heterocycles. The summed E-state index contributed by atoms with van der Waals surface area (Å²) in [6, 6.07) is 0. The second-order valence-electron chi connectivity index (χ2n) is 4.47. The van der Waals surface area contributed by atoms with Crippen molar-refractivity contribution < 1.29 is 9.53 Å². The molecule has 0 unspecified atom stereocenters. The molecular formula is C12H21IO2. The molecule has 0 amide bonds. The molecule has 3 heteroatoms. The Morgan fingerprint density at radius 3 is 2.47 bits per heavy atom.